The van der Waals surface area contributed by atoms with Crippen LogP contribution in [0, 0.1) is 18.6 Å². The highest BCUT2D eigenvalue weighted by atomic mass is 32.1. The molecule has 0 saturated carbocycles. The van der Waals surface area contributed by atoms with Crippen LogP contribution in [0.25, 0.3) is 11.3 Å². The molecular weight excluding hydrogens is 370 g/mol. The Morgan fingerprint density at radius 3 is 2.59 bits per heavy atom. The predicted octanol–water partition coefficient (Wildman–Crippen LogP) is 3.12. The normalized spacial score (nSPS) is 12.3. The van der Waals surface area contributed by atoms with Crippen LogP contribution >= 0.6 is 11.3 Å². The van der Waals surface area contributed by atoms with E-state index in [1.165, 1.54) is 17.4 Å². The van der Waals surface area contributed by atoms with Gasteiger partial charge in [-0.1, -0.05) is 6.07 Å². The molecule has 2 aromatic heterocycles. The van der Waals surface area contributed by atoms with E-state index >= 15 is 0 Å². The van der Waals surface area contributed by atoms with Crippen LogP contribution in [0.5, 0.6) is 0 Å². The Balaban J connectivity index is 2.13. The first-order chi connectivity index (χ1) is 12.8. The Kier molecular flexibility index (Phi) is 5.38. The van der Waals surface area contributed by atoms with Gasteiger partial charge in [-0.05, 0) is 49.2 Å². The van der Waals surface area contributed by atoms with Crippen LogP contribution in [0.4, 0.5) is 8.78 Å². The minimum Gasteiger partial charge on any atom is -0.365 e. The minimum absolute atomic E-state index is 0.223. The van der Waals surface area contributed by atoms with E-state index in [1.54, 1.807) is 10.9 Å². The summed E-state index contributed by atoms with van der Waals surface area (Å²) >= 11 is 1.31. The van der Waals surface area contributed by atoms with Crippen molar-refractivity contribution >= 4 is 17.2 Å². The summed E-state index contributed by atoms with van der Waals surface area (Å²) < 4.78 is 28.6. The molecule has 3 aromatic rings. The minimum atomic E-state index is -0.910. The second kappa shape index (κ2) is 7.58. The van der Waals surface area contributed by atoms with Crippen molar-refractivity contribution in [1.29, 1.82) is 0 Å². The van der Waals surface area contributed by atoms with Crippen molar-refractivity contribution in [3.8, 4) is 11.3 Å². The fourth-order valence-electron chi connectivity index (χ4n) is 3.33. The molecule has 142 valence electrons. The highest BCUT2D eigenvalue weighted by Crippen LogP contribution is 2.41. The third-order valence-corrected chi connectivity index (χ3v) is 5.72. The lowest BCUT2D eigenvalue weighted by atomic mass is 9.87. The quantitative estimate of drug-likeness (QED) is 0.678. The first kappa shape index (κ1) is 19.2. The fourth-order valence-corrected chi connectivity index (χ4v) is 4.43. The second-order valence-electron chi connectivity index (χ2n) is 6.37. The SMILES string of the molecule is Cc1sc(C(N)=O)c([C@@H](CN)Cc2ccc(F)c(F)c2)c1-c1ccnn1C. The summed E-state index contributed by atoms with van der Waals surface area (Å²) in [5.74, 6) is -2.63. The number of primary amides is 1. The summed E-state index contributed by atoms with van der Waals surface area (Å²) in [4.78, 5) is 13.4. The molecular formula is C19H20F2N4OS. The number of aromatic nitrogens is 2. The molecule has 1 aromatic carbocycles. The standard InChI is InChI=1S/C19H20F2N4OS/c1-10-16(15-5-6-24-25(15)2)17(18(27-10)19(23)26)12(9-22)7-11-3-4-13(20)14(21)8-11/h3-6,8,12H,7,9,22H2,1-2H3,(H2,23,26)/t12-/m1/s1. The van der Waals surface area contributed by atoms with Gasteiger partial charge in [0.2, 0.25) is 0 Å². The van der Waals surface area contributed by atoms with E-state index in [0.717, 1.165) is 33.8 Å². The van der Waals surface area contributed by atoms with E-state index in [4.69, 9.17) is 11.5 Å². The Bertz CT molecular complexity index is 996. The highest BCUT2D eigenvalue weighted by Gasteiger charge is 2.28. The molecule has 0 saturated heterocycles. The number of rotatable bonds is 6. The van der Waals surface area contributed by atoms with Crippen LogP contribution in [0.3, 0.4) is 0 Å². The molecule has 0 radical (unpaired) electrons. The van der Waals surface area contributed by atoms with Gasteiger partial charge < -0.3 is 11.5 Å². The third kappa shape index (κ3) is 3.63. The van der Waals surface area contributed by atoms with Crippen LogP contribution < -0.4 is 11.5 Å². The number of hydrogen-bond acceptors (Lipinski definition) is 4. The number of thiophene rings is 1. The van der Waals surface area contributed by atoms with Crippen molar-refractivity contribution < 1.29 is 13.6 Å². The van der Waals surface area contributed by atoms with Crippen LogP contribution in [-0.2, 0) is 13.5 Å². The van der Waals surface area contributed by atoms with E-state index in [9.17, 15) is 13.6 Å². The van der Waals surface area contributed by atoms with Gasteiger partial charge in [0, 0.05) is 29.6 Å². The Morgan fingerprint density at radius 2 is 2.04 bits per heavy atom. The van der Waals surface area contributed by atoms with Crippen molar-refractivity contribution in [2.75, 3.05) is 6.54 Å². The number of amides is 1. The topological polar surface area (TPSA) is 86.9 Å². The van der Waals surface area contributed by atoms with Gasteiger partial charge in [-0.3, -0.25) is 9.48 Å². The smallest absolute Gasteiger partial charge is 0.259 e. The lowest BCUT2D eigenvalue weighted by Gasteiger charge is -2.18. The molecule has 1 atom stereocenters. The summed E-state index contributed by atoms with van der Waals surface area (Å²) in [5, 5.41) is 4.20. The van der Waals surface area contributed by atoms with Gasteiger partial charge in [0.1, 0.15) is 0 Å². The molecule has 27 heavy (non-hydrogen) atoms. The van der Waals surface area contributed by atoms with Crippen molar-refractivity contribution in [2.45, 2.75) is 19.3 Å². The van der Waals surface area contributed by atoms with E-state index in [0.29, 0.717) is 16.9 Å². The predicted molar refractivity (Wildman–Crippen MR) is 102 cm³/mol. The molecule has 2 heterocycles. The molecule has 0 aliphatic heterocycles. The average molecular weight is 390 g/mol. The second-order valence-corrected chi connectivity index (χ2v) is 7.59. The Morgan fingerprint density at radius 1 is 1.30 bits per heavy atom. The molecule has 0 aliphatic rings. The van der Waals surface area contributed by atoms with Crippen LogP contribution in [0.15, 0.2) is 30.5 Å². The number of halogens is 2. The zero-order valence-corrected chi connectivity index (χ0v) is 15.8. The van der Waals surface area contributed by atoms with E-state index < -0.39 is 17.5 Å². The first-order valence-corrected chi connectivity index (χ1v) is 9.20. The Labute approximate surface area is 159 Å². The number of carbonyl (C=O) groups is 1. The van der Waals surface area contributed by atoms with Crippen LogP contribution in [-0.4, -0.2) is 22.2 Å². The van der Waals surface area contributed by atoms with Crippen molar-refractivity contribution in [3.05, 3.63) is 63.0 Å². The van der Waals surface area contributed by atoms with Crippen LogP contribution in [0.1, 0.15) is 31.6 Å². The molecule has 0 aliphatic carbocycles. The summed E-state index contributed by atoms with van der Waals surface area (Å²) in [6, 6.07) is 5.63. The van der Waals surface area contributed by atoms with E-state index in [1.807, 2.05) is 20.0 Å². The van der Waals surface area contributed by atoms with E-state index in [-0.39, 0.29) is 12.5 Å². The third-order valence-electron chi connectivity index (χ3n) is 4.58. The molecule has 3 rings (SSSR count). The van der Waals surface area contributed by atoms with Gasteiger partial charge in [0.05, 0.1) is 10.6 Å². The number of nitrogens with two attached hydrogens (primary N) is 2. The van der Waals surface area contributed by atoms with Gasteiger partial charge in [0.15, 0.2) is 11.6 Å². The van der Waals surface area contributed by atoms with Gasteiger partial charge >= 0.3 is 0 Å². The van der Waals surface area contributed by atoms with Gasteiger partial charge in [-0.2, -0.15) is 5.10 Å². The fraction of sp³-hybridized carbons (Fsp3) is 0.263. The molecule has 0 bridgehead atoms. The zero-order chi connectivity index (χ0) is 19.7. The number of aryl methyl sites for hydroxylation is 2. The van der Waals surface area contributed by atoms with Crippen molar-refractivity contribution in [3.63, 3.8) is 0 Å². The largest absolute Gasteiger partial charge is 0.365 e. The lowest BCUT2D eigenvalue weighted by molar-refractivity contribution is 0.100. The lowest BCUT2D eigenvalue weighted by Crippen LogP contribution is -2.20. The molecule has 0 fully saturated rings. The monoisotopic (exact) mass is 390 g/mol. The Hall–Kier alpha value is -2.58. The van der Waals surface area contributed by atoms with Gasteiger partial charge in [-0.25, -0.2) is 8.78 Å². The summed E-state index contributed by atoms with van der Waals surface area (Å²) in [6.07, 6.45) is 2.03. The summed E-state index contributed by atoms with van der Waals surface area (Å²) in [7, 11) is 1.81. The van der Waals surface area contributed by atoms with Gasteiger partial charge in [-0.15, -0.1) is 11.3 Å². The molecule has 4 N–H and O–H groups in total. The van der Waals surface area contributed by atoms with Crippen molar-refractivity contribution in [2.24, 2.45) is 18.5 Å². The van der Waals surface area contributed by atoms with Crippen LogP contribution in [0.2, 0.25) is 0 Å². The summed E-state index contributed by atoms with van der Waals surface area (Å²) in [6.45, 7) is 2.13. The molecule has 0 spiro atoms. The van der Waals surface area contributed by atoms with Crippen molar-refractivity contribution in [1.82, 2.24) is 9.78 Å². The van der Waals surface area contributed by atoms with E-state index in [2.05, 4.69) is 5.10 Å². The number of nitrogens with zero attached hydrogens (tertiary/aromatic N) is 2. The number of carbonyl (C=O) groups excluding carboxylic acids is 1. The first-order valence-electron chi connectivity index (χ1n) is 8.39. The average Bonchev–Trinajstić information content (AvgIpc) is 3.18. The number of benzene rings is 1. The number of hydrogen-bond donors (Lipinski definition) is 2. The zero-order valence-electron chi connectivity index (χ0n) is 15.0. The maximum atomic E-state index is 13.6. The molecule has 0 unspecified atom stereocenters. The maximum absolute atomic E-state index is 13.6. The highest BCUT2D eigenvalue weighted by molar-refractivity contribution is 7.14. The maximum Gasteiger partial charge on any atom is 0.259 e. The van der Waals surface area contributed by atoms with Gasteiger partial charge in [0.25, 0.3) is 5.91 Å². The molecule has 5 nitrogen and oxygen atoms in total. The molecule has 1 amide bonds. The molecule has 8 heteroatoms. The summed E-state index contributed by atoms with van der Waals surface area (Å²) in [5.41, 5.74) is 14.7.